The van der Waals surface area contributed by atoms with Gasteiger partial charge in [0, 0.05) is 13.1 Å². The van der Waals surface area contributed by atoms with Gasteiger partial charge in [-0.3, -0.25) is 10.2 Å². The molecule has 1 heterocycles. The lowest BCUT2D eigenvalue weighted by Crippen LogP contribution is -2.38. The van der Waals surface area contributed by atoms with Crippen LogP contribution in [0.15, 0.2) is 4.99 Å². The van der Waals surface area contributed by atoms with E-state index in [-0.39, 0.29) is 0 Å². The number of hydrogen-bond acceptors (Lipinski definition) is 4. The van der Waals surface area contributed by atoms with E-state index in [1.165, 1.54) is 0 Å². The fourth-order valence-electron chi connectivity index (χ4n) is 0.607. The van der Waals surface area contributed by atoms with Crippen molar-refractivity contribution in [3.8, 4) is 0 Å². The second kappa shape index (κ2) is 2.52. The molecule has 1 aliphatic heterocycles. The van der Waals surface area contributed by atoms with Gasteiger partial charge in [-0.25, -0.2) is 5.48 Å². The van der Waals surface area contributed by atoms with Crippen LogP contribution in [0, 0.1) is 0 Å². The average Bonchev–Trinajstić information content (AvgIpc) is 1.90. The number of hydroxylamine groups is 1. The molecule has 0 bridgehead atoms. The average molecular weight is 115 g/mol. The third-order valence-corrected chi connectivity index (χ3v) is 1.00. The first-order valence-electron chi connectivity index (χ1n) is 2.62. The smallest absolute Gasteiger partial charge is 0.215 e. The zero-order valence-corrected chi connectivity index (χ0v) is 4.52. The zero-order chi connectivity index (χ0) is 5.82. The molecule has 1 aliphatic rings. The predicted octanol–water partition coefficient (Wildman–Crippen LogP) is -0.686. The van der Waals surface area contributed by atoms with E-state index in [0.29, 0.717) is 5.96 Å². The molecule has 0 aliphatic carbocycles. The van der Waals surface area contributed by atoms with Crippen LogP contribution in [0.3, 0.4) is 0 Å². The van der Waals surface area contributed by atoms with Crippen molar-refractivity contribution >= 4 is 5.96 Å². The quantitative estimate of drug-likeness (QED) is 0.366. The Balaban J connectivity index is 2.37. The number of hydrogen-bond donors (Lipinski definition) is 3. The van der Waals surface area contributed by atoms with Gasteiger partial charge in [-0.2, -0.15) is 0 Å². The third kappa shape index (κ3) is 1.10. The summed E-state index contributed by atoms with van der Waals surface area (Å²) in [6.45, 7) is 1.70. The van der Waals surface area contributed by atoms with E-state index in [0.717, 1.165) is 19.5 Å². The lowest BCUT2D eigenvalue weighted by atomic mass is 10.4. The van der Waals surface area contributed by atoms with Gasteiger partial charge >= 0.3 is 0 Å². The first-order chi connectivity index (χ1) is 3.93. The van der Waals surface area contributed by atoms with Crippen LogP contribution in [-0.4, -0.2) is 24.3 Å². The SMILES string of the molecule is ONC1=NCCCN1. The third-order valence-electron chi connectivity index (χ3n) is 1.00. The van der Waals surface area contributed by atoms with Gasteiger partial charge in [-0.1, -0.05) is 0 Å². The van der Waals surface area contributed by atoms with Crippen LogP contribution in [0.2, 0.25) is 0 Å². The van der Waals surface area contributed by atoms with Gasteiger partial charge in [0.15, 0.2) is 0 Å². The molecule has 46 valence electrons. The summed E-state index contributed by atoms with van der Waals surface area (Å²) in [4.78, 5) is 3.89. The van der Waals surface area contributed by atoms with Gasteiger partial charge in [0.05, 0.1) is 0 Å². The van der Waals surface area contributed by atoms with Crippen molar-refractivity contribution in [2.24, 2.45) is 4.99 Å². The molecule has 0 spiro atoms. The summed E-state index contributed by atoms with van der Waals surface area (Å²) in [6, 6.07) is 0. The highest BCUT2D eigenvalue weighted by atomic mass is 16.5. The van der Waals surface area contributed by atoms with Crippen molar-refractivity contribution in [1.82, 2.24) is 10.8 Å². The summed E-state index contributed by atoms with van der Waals surface area (Å²) >= 11 is 0. The molecule has 3 N–H and O–H groups in total. The largest absolute Gasteiger partial charge is 0.355 e. The summed E-state index contributed by atoms with van der Waals surface area (Å²) in [7, 11) is 0. The van der Waals surface area contributed by atoms with Gasteiger partial charge < -0.3 is 5.32 Å². The summed E-state index contributed by atoms with van der Waals surface area (Å²) in [5.74, 6) is 0.483. The van der Waals surface area contributed by atoms with Crippen LogP contribution in [0.5, 0.6) is 0 Å². The van der Waals surface area contributed by atoms with Gasteiger partial charge in [0.2, 0.25) is 5.96 Å². The monoisotopic (exact) mass is 115 g/mol. The van der Waals surface area contributed by atoms with Crippen molar-refractivity contribution in [1.29, 1.82) is 0 Å². The molecule has 0 fully saturated rings. The Bertz CT molecular complexity index is 101. The summed E-state index contributed by atoms with van der Waals surface area (Å²) in [5.41, 5.74) is 1.94. The standard InChI is InChI=1S/C4H9N3O/c8-7-4-5-2-1-3-6-4/h8H,1-3H2,(H2,5,6,7). The normalized spacial score (nSPS) is 18.9. The van der Waals surface area contributed by atoms with Crippen LogP contribution in [0.1, 0.15) is 6.42 Å². The minimum Gasteiger partial charge on any atom is -0.355 e. The van der Waals surface area contributed by atoms with E-state index < -0.39 is 0 Å². The number of nitrogens with zero attached hydrogens (tertiary/aromatic N) is 1. The molecule has 0 aromatic heterocycles. The van der Waals surface area contributed by atoms with Crippen molar-refractivity contribution < 1.29 is 5.21 Å². The molecule has 8 heavy (non-hydrogen) atoms. The Morgan fingerprint density at radius 1 is 1.75 bits per heavy atom. The van der Waals surface area contributed by atoms with E-state index in [1.54, 1.807) is 0 Å². The van der Waals surface area contributed by atoms with Crippen molar-refractivity contribution in [3.63, 3.8) is 0 Å². The van der Waals surface area contributed by atoms with Gasteiger partial charge in [0.25, 0.3) is 0 Å². The fraction of sp³-hybridized carbons (Fsp3) is 0.750. The van der Waals surface area contributed by atoms with Crippen molar-refractivity contribution in [3.05, 3.63) is 0 Å². The van der Waals surface area contributed by atoms with E-state index in [1.807, 2.05) is 5.48 Å². The molecular formula is C4H9N3O. The topological polar surface area (TPSA) is 56.6 Å². The number of nitrogens with one attached hydrogen (secondary N) is 2. The van der Waals surface area contributed by atoms with Crippen LogP contribution in [0.4, 0.5) is 0 Å². The van der Waals surface area contributed by atoms with Crippen molar-refractivity contribution in [2.75, 3.05) is 13.1 Å². The number of aliphatic imine (C=N–C) groups is 1. The van der Waals surface area contributed by atoms with Gasteiger partial charge in [0.1, 0.15) is 0 Å². The van der Waals surface area contributed by atoms with E-state index in [9.17, 15) is 0 Å². The first kappa shape index (κ1) is 5.37. The predicted molar refractivity (Wildman–Crippen MR) is 29.8 cm³/mol. The maximum Gasteiger partial charge on any atom is 0.215 e. The van der Waals surface area contributed by atoms with Crippen LogP contribution < -0.4 is 10.8 Å². The Morgan fingerprint density at radius 3 is 3.00 bits per heavy atom. The molecule has 0 aromatic rings. The van der Waals surface area contributed by atoms with Gasteiger partial charge in [-0.15, -0.1) is 0 Å². The molecule has 0 atom stereocenters. The highest BCUT2D eigenvalue weighted by Crippen LogP contribution is 1.84. The summed E-state index contributed by atoms with van der Waals surface area (Å²) < 4.78 is 0. The summed E-state index contributed by atoms with van der Waals surface area (Å²) in [5, 5.41) is 11.1. The molecule has 0 saturated carbocycles. The molecule has 4 heteroatoms. The lowest BCUT2D eigenvalue weighted by Gasteiger charge is -2.11. The Hall–Kier alpha value is -0.770. The molecule has 4 nitrogen and oxygen atoms in total. The highest BCUT2D eigenvalue weighted by Gasteiger charge is 1.98. The van der Waals surface area contributed by atoms with E-state index in [4.69, 9.17) is 5.21 Å². The maximum absolute atomic E-state index is 8.25. The Kier molecular flexibility index (Phi) is 1.69. The molecule has 0 amide bonds. The highest BCUT2D eigenvalue weighted by molar-refractivity contribution is 5.78. The zero-order valence-electron chi connectivity index (χ0n) is 4.52. The minimum atomic E-state index is 0.483. The second-order valence-corrected chi connectivity index (χ2v) is 1.62. The van der Waals surface area contributed by atoms with Crippen LogP contribution >= 0.6 is 0 Å². The number of rotatable bonds is 0. The molecule has 0 radical (unpaired) electrons. The summed E-state index contributed by atoms with van der Waals surface area (Å²) in [6.07, 6.45) is 1.05. The van der Waals surface area contributed by atoms with Crippen LogP contribution in [-0.2, 0) is 0 Å². The molecule has 0 unspecified atom stereocenters. The second-order valence-electron chi connectivity index (χ2n) is 1.62. The molecular weight excluding hydrogens is 106 g/mol. The Labute approximate surface area is 47.6 Å². The first-order valence-corrected chi connectivity index (χ1v) is 2.62. The van der Waals surface area contributed by atoms with Crippen LogP contribution in [0.25, 0.3) is 0 Å². The molecule has 1 rings (SSSR count). The van der Waals surface area contributed by atoms with Crippen molar-refractivity contribution in [2.45, 2.75) is 6.42 Å². The fourth-order valence-corrected chi connectivity index (χ4v) is 0.607. The lowest BCUT2D eigenvalue weighted by molar-refractivity contribution is 0.228. The molecule has 0 saturated heterocycles. The Morgan fingerprint density at radius 2 is 2.62 bits per heavy atom. The van der Waals surface area contributed by atoms with Gasteiger partial charge in [-0.05, 0) is 6.42 Å². The maximum atomic E-state index is 8.25. The number of guanidine groups is 1. The van der Waals surface area contributed by atoms with E-state index in [2.05, 4.69) is 10.3 Å². The molecule has 0 aromatic carbocycles. The minimum absolute atomic E-state index is 0.483. The van der Waals surface area contributed by atoms with E-state index >= 15 is 0 Å².